The maximum absolute atomic E-state index is 12.2. The Morgan fingerprint density at radius 1 is 1.27 bits per heavy atom. The molecule has 0 radical (unpaired) electrons. The quantitative estimate of drug-likeness (QED) is 0.579. The van der Waals surface area contributed by atoms with Crippen LogP contribution < -0.4 is 10.2 Å². The van der Waals surface area contributed by atoms with E-state index < -0.39 is 10.8 Å². The maximum atomic E-state index is 12.2. The van der Waals surface area contributed by atoms with E-state index in [1.165, 1.54) is 11.5 Å². The average Bonchev–Trinajstić information content (AvgIpc) is 3.09. The van der Waals surface area contributed by atoms with Crippen LogP contribution in [0.3, 0.4) is 0 Å². The molecule has 1 aromatic rings. The van der Waals surface area contributed by atoms with Crippen LogP contribution >= 0.6 is 11.5 Å². The van der Waals surface area contributed by atoms with Gasteiger partial charge < -0.3 is 15.1 Å². The maximum Gasteiger partial charge on any atom is 0.205 e. The Morgan fingerprint density at radius 3 is 2.50 bits per heavy atom. The number of guanidine groups is 1. The molecule has 0 amide bonds. The highest BCUT2D eigenvalue weighted by molar-refractivity contribution is 7.86. The highest BCUT2D eigenvalue weighted by Crippen LogP contribution is 2.19. The van der Waals surface area contributed by atoms with Crippen molar-refractivity contribution in [3.63, 3.8) is 0 Å². The van der Waals surface area contributed by atoms with E-state index in [1.54, 1.807) is 0 Å². The first-order valence-electron chi connectivity index (χ1n) is 9.34. The molecule has 0 bridgehead atoms. The van der Waals surface area contributed by atoms with Gasteiger partial charge in [-0.1, -0.05) is 6.92 Å². The van der Waals surface area contributed by atoms with Crippen LogP contribution in [0.15, 0.2) is 4.99 Å². The molecule has 0 aliphatic carbocycles. The zero-order valence-corrected chi connectivity index (χ0v) is 18.3. The van der Waals surface area contributed by atoms with Crippen molar-refractivity contribution in [3.05, 3.63) is 5.82 Å². The fraction of sp³-hybridized carbons (Fsp3) is 0.824. The van der Waals surface area contributed by atoms with Crippen molar-refractivity contribution in [1.82, 2.24) is 19.6 Å². The first-order chi connectivity index (χ1) is 12.3. The highest BCUT2D eigenvalue weighted by Gasteiger charge is 2.22. The summed E-state index contributed by atoms with van der Waals surface area (Å²) >= 11 is 1.49. The fourth-order valence-corrected chi connectivity index (χ4v) is 4.26. The van der Waals surface area contributed by atoms with E-state index in [0.29, 0.717) is 12.3 Å². The molecule has 26 heavy (non-hydrogen) atoms. The minimum atomic E-state index is -0.867. The summed E-state index contributed by atoms with van der Waals surface area (Å²) in [5, 5.41) is 4.38. The van der Waals surface area contributed by atoms with Crippen molar-refractivity contribution in [2.75, 3.05) is 49.9 Å². The molecule has 1 N–H and O–H groups in total. The monoisotopic (exact) mass is 400 g/mol. The number of anilines is 1. The van der Waals surface area contributed by atoms with E-state index in [4.69, 9.17) is 4.99 Å². The van der Waals surface area contributed by atoms with Gasteiger partial charge in [0.25, 0.3) is 0 Å². The third kappa shape index (κ3) is 5.90. The zero-order valence-electron chi connectivity index (χ0n) is 16.6. The van der Waals surface area contributed by atoms with E-state index in [1.807, 2.05) is 20.8 Å². The largest absolute Gasteiger partial charge is 0.357 e. The summed E-state index contributed by atoms with van der Waals surface area (Å²) < 4.78 is 16.4. The van der Waals surface area contributed by atoms with Gasteiger partial charge in [0, 0.05) is 72.0 Å². The van der Waals surface area contributed by atoms with Crippen LogP contribution in [0.25, 0.3) is 0 Å². The molecule has 7 nitrogen and oxygen atoms in total. The molecule has 1 aromatic heterocycles. The van der Waals surface area contributed by atoms with E-state index in [0.717, 1.165) is 56.1 Å². The predicted octanol–water partition coefficient (Wildman–Crippen LogP) is 1.74. The molecule has 1 unspecified atom stereocenters. The third-order valence-electron chi connectivity index (χ3n) is 4.18. The molecule has 0 aromatic carbocycles. The Morgan fingerprint density at radius 2 is 1.96 bits per heavy atom. The van der Waals surface area contributed by atoms with Crippen LogP contribution in [-0.2, 0) is 17.2 Å². The molecule has 1 saturated heterocycles. The number of rotatable bonds is 6. The van der Waals surface area contributed by atoms with Crippen molar-refractivity contribution in [1.29, 1.82) is 0 Å². The van der Waals surface area contributed by atoms with E-state index >= 15 is 0 Å². The molecule has 1 fully saturated rings. The minimum absolute atomic E-state index is 0.182. The summed E-state index contributed by atoms with van der Waals surface area (Å²) in [7, 11) is -0.867. The van der Waals surface area contributed by atoms with Gasteiger partial charge in [0.05, 0.1) is 6.54 Å². The van der Waals surface area contributed by atoms with Crippen molar-refractivity contribution >= 4 is 33.4 Å². The van der Waals surface area contributed by atoms with Gasteiger partial charge in [-0.05, 0) is 27.7 Å². The zero-order chi connectivity index (χ0) is 19.2. The smallest absolute Gasteiger partial charge is 0.205 e. The lowest BCUT2D eigenvalue weighted by atomic mass is 10.3. The number of hydrogen-bond acceptors (Lipinski definition) is 6. The Kier molecular flexibility index (Phi) is 7.82. The summed E-state index contributed by atoms with van der Waals surface area (Å²) in [5.74, 6) is 2.45. The molecule has 1 aliphatic heterocycles. The van der Waals surface area contributed by atoms with Crippen LogP contribution in [-0.4, -0.2) is 74.2 Å². The normalized spacial score (nSPS) is 17.5. The molecule has 9 heteroatoms. The number of nitrogens with one attached hydrogen (secondary N) is 1. The van der Waals surface area contributed by atoms with Gasteiger partial charge in [0.15, 0.2) is 5.96 Å². The summed E-state index contributed by atoms with van der Waals surface area (Å²) in [6.45, 7) is 15.2. The summed E-state index contributed by atoms with van der Waals surface area (Å²) in [6, 6.07) is 0. The number of piperazine rings is 1. The standard InChI is InChI=1S/C17H32N6OS2/c1-6-14-20-16(25-21-14)23-11-9-22(10-12-23)15(18-7-2)19-8-13-26(24)17(3,4)5/h6-13H2,1-5H3,(H,18,19). The molecule has 148 valence electrons. The van der Waals surface area contributed by atoms with E-state index in [2.05, 4.69) is 38.3 Å². The topological polar surface area (TPSA) is 73.7 Å². The van der Waals surface area contributed by atoms with Gasteiger partial charge in [-0.3, -0.25) is 9.20 Å². The molecule has 1 atom stereocenters. The summed E-state index contributed by atoms with van der Waals surface area (Å²) in [6.07, 6.45) is 0.879. The van der Waals surface area contributed by atoms with Crippen LogP contribution in [0.2, 0.25) is 0 Å². The van der Waals surface area contributed by atoms with Crippen molar-refractivity contribution < 1.29 is 4.21 Å². The number of aryl methyl sites for hydroxylation is 1. The van der Waals surface area contributed by atoms with Crippen molar-refractivity contribution in [2.45, 2.75) is 45.8 Å². The summed E-state index contributed by atoms with van der Waals surface area (Å²) in [5.41, 5.74) is 0. The number of aromatic nitrogens is 2. The lowest BCUT2D eigenvalue weighted by Crippen LogP contribution is -2.52. The lowest BCUT2D eigenvalue weighted by molar-refractivity contribution is 0.372. The van der Waals surface area contributed by atoms with Crippen LogP contribution in [0.5, 0.6) is 0 Å². The van der Waals surface area contributed by atoms with Crippen LogP contribution in [0, 0.1) is 0 Å². The van der Waals surface area contributed by atoms with Crippen LogP contribution in [0.4, 0.5) is 5.13 Å². The molecule has 0 saturated carbocycles. The van der Waals surface area contributed by atoms with Gasteiger partial charge in [-0.15, -0.1) is 0 Å². The molecule has 2 heterocycles. The first-order valence-corrected chi connectivity index (χ1v) is 11.4. The third-order valence-corrected chi connectivity index (χ3v) is 6.91. The van der Waals surface area contributed by atoms with Crippen LogP contribution in [0.1, 0.15) is 40.4 Å². The molecule has 1 aliphatic rings. The Bertz CT molecular complexity index is 617. The second-order valence-electron chi connectivity index (χ2n) is 7.22. The van der Waals surface area contributed by atoms with E-state index in [9.17, 15) is 4.21 Å². The second kappa shape index (κ2) is 9.64. The Hall–Kier alpha value is -1.22. The van der Waals surface area contributed by atoms with Gasteiger partial charge in [-0.25, -0.2) is 4.98 Å². The number of hydrogen-bond donors (Lipinski definition) is 1. The summed E-state index contributed by atoms with van der Waals surface area (Å²) in [4.78, 5) is 13.9. The van der Waals surface area contributed by atoms with Gasteiger partial charge in [0.2, 0.25) is 5.13 Å². The van der Waals surface area contributed by atoms with Gasteiger partial charge >= 0.3 is 0 Å². The van der Waals surface area contributed by atoms with Gasteiger partial charge in [-0.2, -0.15) is 4.37 Å². The SMILES string of the molecule is CCNC(=NCCS(=O)C(C)(C)C)N1CCN(c2nc(CC)ns2)CC1. The molecular formula is C17H32N6OS2. The lowest BCUT2D eigenvalue weighted by Gasteiger charge is -2.36. The van der Waals surface area contributed by atoms with E-state index in [-0.39, 0.29) is 4.75 Å². The first kappa shape index (κ1) is 21.1. The van der Waals surface area contributed by atoms with Crippen molar-refractivity contribution in [3.8, 4) is 0 Å². The average molecular weight is 401 g/mol. The number of aliphatic imine (C=N–C) groups is 1. The molecule has 0 spiro atoms. The Balaban J connectivity index is 1.90. The molecule has 2 rings (SSSR count). The predicted molar refractivity (Wildman–Crippen MR) is 112 cm³/mol. The minimum Gasteiger partial charge on any atom is -0.357 e. The number of nitrogens with zero attached hydrogens (tertiary/aromatic N) is 5. The second-order valence-corrected chi connectivity index (χ2v) is 10.3. The van der Waals surface area contributed by atoms with Gasteiger partial charge in [0.1, 0.15) is 5.82 Å². The fourth-order valence-electron chi connectivity index (χ4n) is 2.59. The highest BCUT2D eigenvalue weighted by atomic mass is 32.2. The Labute approximate surface area is 163 Å². The van der Waals surface area contributed by atoms with Crippen molar-refractivity contribution in [2.24, 2.45) is 4.99 Å². The molecular weight excluding hydrogens is 368 g/mol.